The van der Waals surface area contributed by atoms with Crippen molar-refractivity contribution in [1.29, 1.82) is 0 Å². The van der Waals surface area contributed by atoms with Crippen molar-refractivity contribution in [3.63, 3.8) is 0 Å². The summed E-state index contributed by atoms with van der Waals surface area (Å²) in [6.07, 6.45) is 11.5. The van der Waals surface area contributed by atoms with Crippen LogP contribution in [0.15, 0.2) is 11.6 Å². The van der Waals surface area contributed by atoms with E-state index in [4.69, 9.17) is 4.74 Å². The Kier molecular flexibility index (Phi) is 4.40. The summed E-state index contributed by atoms with van der Waals surface area (Å²) >= 11 is 0. The molecule has 0 aromatic heterocycles. The van der Waals surface area contributed by atoms with Crippen molar-refractivity contribution in [2.24, 2.45) is 34.0 Å². The number of rotatable bonds is 2. The SMILES string of the molecule is CC(=O)O[C@@H]1CC[C@@]2(C)C(=CC[C@@H]3[C@@H]2CC[C@@]2(C)[C@H]3CC[C@]2(C)C(C)=O)C1. The van der Waals surface area contributed by atoms with Crippen LogP contribution in [0.25, 0.3) is 0 Å². The molecular weight excluding hydrogens is 336 g/mol. The molecule has 0 heterocycles. The summed E-state index contributed by atoms with van der Waals surface area (Å²) in [5.74, 6) is 2.35. The van der Waals surface area contributed by atoms with Gasteiger partial charge < -0.3 is 4.74 Å². The number of Topliss-reactive ketones (excluding diaryl/α,β-unsaturated/α-hetero) is 1. The first-order valence-electron chi connectivity index (χ1n) is 11.0. The van der Waals surface area contributed by atoms with Crippen molar-refractivity contribution in [3.05, 3.63) is 11.6 Å². The fraction of sp³-hybridized carbons (Fsp3) is 0.833. The highest BCUT2D eigenvalue weighted by atomic mass is 16.5. The molecule has 0 N–H and O–H groups in total. The molecule has 4 rings (SSSR count). The molecule has 150 valence electrons. The van der Waals surface area contributed by atoms with E-state index in [0.717, 1.165) is 38.0 Å². The van der Waals surface area contributed by atoms with Crippen molar-refractivity contribution >= 4 is 11.8 Å². The molecule has 0 aromatic carbocycles. The van der Waals surface area contributed by atoms with Crippen LogP contribution in [0.4, 0.5) is 0 Å². The van der Waals surface area contributed by atoms with E-state index in [1.807, 2.05) is 6.92 Å². The normalized spacial score (nSPS) is 48.7. The van der Waals surface area contributed by atoms with Crippen LogP contribution in [-0.4, -0.2) is 17.9 Å². The summed E-state index contributed by atoms with van der Waals surface area (Å²) in [4.78, 5) is 23.9. The minimum absolute atomic E-state index is 0.0692. The molecule has 0 saturated heterocycles. The average molecular weight is 373 g/mol. The molecule has 0 aliphatic heterocycles. The summed E-state index contributed by atoms with van der Waals surface area (Å²) in [6.45, 7) is 10.5. The summed E-state index contributed by atoms with van der Waals surface area (Å²) < 4.78 is 5.54. The van der Waals surface area contributed by atoms with E-state index in [2.05, 4.69) is 26.8 Å². The zero-order chi connectivity index (χ0) is 19.6. The van der Waals surface area contributed by atoms with Gasteiger partial charge in [0.05, 0.1) is 0 Å². The average Bonchev–Trinajstić information content (AvgIpc) is 2.87. The van der Waals surface area contributed by atoms with E-state index in [9.17, 15) is 9.59 Å². The fourth-order valence-electron chi connectivity index (χ4n) is 7.81. The van der Waals surface area contributed by atoms with Crippen molar-refractivity contribution in [1.82, 2.24) is 0 Å². The summed E-state index contributed by atoms with van der Waals surface area (Å²) in [7, 11) is 0. The number of carbonyl (C=O) groups is 2. The van der Waals surface area contributed by atoms with Crippen LogP contribution >= 0.6 is 0 Å². The smallest absolute Gasteiger partial charge is 0.302 e. The highest BCUT2D eigenvalue weighted by Crippen LogP contribution is 2.69. The third-order valence-corrected chi connectivity index (χ3v) is 9.77. The molecular formula is C24H36O3. The third-order valence-electron chi connectivity index (χ3n) is 9.77. The molecule has 4 aliphatic rings. The molecule has 7 atom stereocenters. The maximum absolute atomic E-state index is 12.5. The second kappa shape index (κ2) is 6.19. The van der Waals surface area contributed by atoms with E-state index < -0.39 is 0 Å². The predicted octanol–water partition coefficient (Wildman–Crippen LogP) is 5.48. The maximum atomic E-state index is 12.5. The van der Waals surface area contributed by atoms with Crippen LogP contribution < -0.4 is 0 Å². The van der Waals surface area contributed by atoms with E-state index >= 15 is 0 Å². The Balaban J connectivity index is 1.61. The third kappa shape index (κ3) is 2.59. The molecule has 0 unspecified atom stereocenters. The second-order valence-electron chi connectivity index (χ2n) is 10.6. The lowest BCUT2D eigenvalue weighted by Gasteiger charge is -2.59. The van der Waals surface area contributed by atoms with E-state index in [1.54, 1.807) is 0 Å². The Morgan fingerprint density at radius 2 is 1.70 bits per heavy atom. The molecule has 0 amide bonds. The molecule has 0 radical (unpaired) electrons. The first-order valence-corrected chi connectivity index (χ1v) is 11.0. The van der Waals surface area contributed by atoms with Crippen molar-refractivity contribution < 1.29 is 14.3 Å². The quantitative estimate of drug-likeness (QED) is 0.476. The predicted molar refractivity (Wildman–Crippen MR) is 106 cm³/mol. The van der Waals surface area contributed by atoms with Gasteiger partial charge in [0, 0.05) is 18.8 Å². The van der Waals surface area contributed by atoms with E-state index in [-0.39, 0.29) is 28.3 Å². The van der Waals surface area contributed by atoms with Crippen molar-refractivity contribution in [2.75, 3.05) is 0 Å². The molecule has 3 heteroatoms. The summed E-state index contributed by atoms with van der Waals surface area (Å²) in [5, 5.41) is 0. The molecule has 0 bridgehead atoms. The highest BCUT2D eigenvalue weighted by molar-refractivity contribution is 5.83. The van der Waals surface area contributed by atoms with Crippen LogP contribution in [0.2, 0.25) is 0 Å². The van der Waals surface area contributed by atoms with Crippen molar-refractivity contribution in [2.45, 2.75) is 92.1 Å². The molecule has 0 spiro atoms. The first-order chi connectivity index (χ1) is 12.6. The number of hydrogen-bond acceptors (Lipinski definition) is 3. The van der Waals surface area contributed by atoms with Crippen LogP contribution in [0.1, 0.15) is 86.0 Å². The van der Waals surface area contributed by atoms with Crippen LogP contribution in [-0.2, 0) is 14.3 Å². The molecule has 3 nitrogen and oxygen atoms in total. The Bertz CT molecular complexity index is 694. The van der Waals surface area contributed by atoms with Gasteiger partial charge in [-0.1, -0.05) is 32.4 Å². The van der Waals surface area contributed by atoms with Gasteiger partial charge in [0.15, 0.2) is 0 Å². The highest BCUT2D eigenvalue weighted by Gasteiger charge is 2.63. The number of carbonyl (C=O) groups excluding carboxylic acids is 2. The van der Waals surface area contributed by atoms with Gasteiger partial charge in [-0.25, -0.2) is 0 Å². The minimum atomic E-state index is -0.152. The lowest BCUT2D eigenvalue weighted by Crippen LogP contribution is -2.53. The fourth-order valence-corrected chi connectivity index (χ4v) is 7.81. The zero-order valence-corrected chi connectivity index (χ0v) is 17.8. The van der Waals surface area contributed by atoms with Gasteiger partial charge in [-0.05, 0) is 80.5 Å². The molecule has 3 saturated carbocycles. The number of ketones is 1. The minimum Gasteiger partial charge on any atom is -0.462 e. The Labute approximate surface area is 164 Å². The maximum Gasteiger partial charge on any atom is 0.302 e. The summed E-state index contributed by atoms with van der Waals surface area (Å²) in [6, 6.07) is 0. The largest absolute Gasteiger partial charge is 0.462 e. The lowest BCUT2D eigenvalue weighted by atomic mass is 9.45. The number of hydrogen-bond donors (Lipinski definition) is 0. The second-order valence-corrected chi connectivity index (χ2v) is 10.6. The summed E-state index contributed by atoms with van der Waals surface area (Å²) in [5.41, 5.74) is 1.82. The Hall–Kier alpha value is -1.12. The van der Waals surface area contributed by atoms with Gasteiger partial charge in [-0.15, -0.1) is 0 Å². The molecule has 4 aliphatic carbocycles. The van der Waals surface area contributed by atoms with Gasteiger partial charge in [-0.2, -0.15) is 0 Å². The number of ether oxygens (including phenoxy) is 1. The number of fused-ring (bicyclic) bond motifs is 5. The number of allylic oxidation sites excluding steroid dienone is 1. The molecule has 0 aromatic rings. The first kappa shape index (κ1) is 19.2. The van der Waals surface area contributed by atoms with E-state index in [1.165, 1.54) is 31.8 Å². The van der Waals surface area contributed by atoms with Crippen molar-refractivity contribution in [3.8, 4) is 0 Å². The van der Waals surface area contributed by atoms with Gasteiger partial charge in [-0.3, -0.25) is 9.59 Å². The lowest BCUT2D eigenvalue weighted by molar-refractivity contribution is -0.149. The Morgan fingerprint density at radius 1 is 1.00 bits per heavy atom. The zero-order valence-electron chi connectivity index (χ0n) is 17.8. The topological polar surface area (TPSA) is 43.4 Å². The molecule has 27 heavy (non-hydrogen) atoms. The van der Waals surface area contributed by atoms with Gasteiger partial charge in [0.2, 0.25) is 0 Å². The van der Waals surface area contributed by atoms with Crippen LogP contribution in [0.3, 0.4) is 0 Å². The van der Waals surface area contributed by atoms with Crippen LogP contribution in [0.5, 0.6) is 0 Å². The Morgan fingerprint density at radius 3 is 2.37 bits per heavy atom. The standard InChI is InChI=1S/C24H36O3/c1-15(25)23(4)12-10-21-19-7-6-17-14-18(27-16(2)26)8-11-22(17,3)20(19)9-13-24(21,23)5/h6,18-21H,7-14H2,1-5H3/t18-,19-,20+,21+,22+,23-,24+/m1/s1. The monoisotopic (exact) mass is 372 g/mol. The van der Waals surface area contributed by atoms with E-state index in [0.29, 0.717) is 17.6 Å². The number of esters is 1. The van der Waals surface area contributed by atoms with Gasteiger partial charge in [0.25, 0.3) is 0 Å². The molecule has 3 fully saturated rings. The van der Waals surface area contributed by atoms with Gasteiger partial charge >= 0.3 is 5.97 Å². The van der Waals surface area contributed by atoms with Crippen LogP contribution in [0, 0.1) is 34.0 Å². The van der Waals surface area contributed by atoms with Gasteiger partial charge in [0.1, 0.15) is 11.9 Å².